The van der Waals surface area contributed by atoms with Crippen molar-refractivity contribution >= 4 is 11.9 Å². The van der Waals surface area contributed by atoms with Crippen molar-refractivity contribution in [3.63, 3.8) is 0 Å². The van der Waals surface area contributed by atoms with Crippen LogP contribution in [0.2, 0.25) is 0 Å². The maximum atomic E-state index is 12.6. The second-order valence-electron chi connectivity index (χ2n) is 9.63. The molecule has 0 aromatic heterocycles. The number of carbonyl (C=O) groups is 1. The van der Waals surface area contributed by atoms with E-state index >= 15 is 0 Å². The fraction of sp³-hybridized carbons (Fsp3) is 0.900. The Labute approximate surface area is 163 Å². The summed E-state index contributed by atoms with van der Waals surface area (Å²) in [6, 6.07) is 0.701. The maximum Gasteiger partial charge on any atom is 0.390 e. The van der Waals surface area contributed by atoms with Crippen LogP contribution in [-0.4, -0.2) is 54.3 Å². The zero-order valence-corrected chi connectivity index (χ0v) is 16.0. The molecule has 1 spiro atoms. The lowest BCUT2D eigenvalue weighted by atomic mass is 9.54. The number of amidine groups is 1. The summed E-state index contributed by atoms with van der Waals surface area (Å²) in [5.41, 5.74) is -0.969. The van der Waals surface area contributed by atoms with Crippen LogP contribution in [0.15, 0.2) is 4.99 Å². The van der Waals surface area contributed by atoms with Gasteiger partial charge in [-0.25, -0.2) is 0 Å². The monoisotopic (exact) mass is 399 g/mol. The van der Waals surface area contributed by atoms with Gasteiger partial charge in [0.05, 0.1) is 6.42 Å². The smallest absolute Gasteiger partial charge is 0.390 e. The first-order valence-electron chi connectivity index (χ1n) is 10.7. The standard InChI is InChI=1S/C20H28F3N3O2/c21-20(22,23)3-6-26-4-1-19(2-5-26)17(27)25-18(28-19)24-16-14-8-12-7-13(10-14)11-15(16)9-12/h12-16H,1-11H2,(H,24,25,27). The topological polar surface area (TPSA) is 53.9 Å². The summed E-state index contributed by atoms with van der Waals surface area (Å²) < 4.78 is 43.3. The van der Waals surface area contributed by atoms with Crippen LogP contribution < -0.4 is 5.32 Å². The maximum absolute atomic E-state index is 12.6. The Morgan fingerprint density at radius 2 is 1.68 bits per heavy atom. The summed E-state index contributed by atoms with van der Waals surface area (Å²) >= 11 is 0. The normalized spacial score (nSPS) is 39.3. The highest BCUT2D eigenvalue weighted by atomic mass is 19.4. The van der Waals surface area contributed by atoms with E-state index in [4.69, 9.17) is 4.74 Å². The Bertz CT molecular complexity index is 642. The summed E-state index contributed by atoms with van der Waals surface area (Å²) in [4.78, 5) is 18.5. The molecule has 4 saturated carbocycles. The summed E-state index contributed by atoms with van der Waals surface area (Å²) in [7, 11) is 0. The van der Waals surface area contributed by atoms with Crippen LogP contribution in [0.25, 0.3) is 0 Å². The number of hydrogen-bond acceptors (Lipinski definition) is 4. The Hall–Kier alpha value is -1.31. The van der Waals surface area contributed by atoms with E-state index in [1.807, 2.05) is 0 Å². The first-order valence-corrected chi connectivity index (χ1v) is 10.7. The van der Waals surface area contributed by atoms with Crippen molar-refractivity contribution in [3.8, 4) is 0 Å². The van der Waals surface area contributed by atoms with Crippen LogP contribution in [0.5, 0.6) is 0 Å². The molecule has 6 rings (SSSR count). The minimum atomic E-state index is -4.15. The molecular formula is C20H28F3N3O2. The van der Waals surface area contributed by atoms with Gasteiger partial charge in [0.25, 0.3) is 11.9 Å². The molecule has 2 heterocycles. The van der Waals surface area contributed by atoms with Crippen molar-refractivity contribution in [1.82, 2.24) is 10.2 Å². The number of hydrogen-bond donors (Lipinski definition) is 1. The summed E-state index contributed by atoms with van der Waals surface area (Å²) in [5.74, 6) is 2.79. The SMILES string of the molecule is O=C1N=C(NC2C3CC4CC(C3)CC2C4)OC12CCN(CCC(F)(F)F)CC2. The van der Waals surface area contributed by atoms with Gasteiger partial charge in [0.15, 0.2) is 5.60 Å². The predicted octanol–water partition coefficient (Wildman–Crippen LogP) is 3.10. The van der Waals surface area contributed by atoms with Crippen molar-refractivity contribution in [3.05, 3.63) is 0 Å². The van der Waals surface area contributed by atoms with E-state index in [0.717, 1.165) is 11.8 Å². The van der Waals surface area contributed by atoms with Crippen molar-refractivity contribution in [2.24, 2.45) is 28.7 Å². The van der Waals surface area contributed by atoms with E-state index in [0.29, 0.717) is 49.8 Å². The minimum absolute atomic E-state index is 0.0203. The van der Waals surface area contributed by atoms with Crippen LogP contribution in [0.1, 0.15) is 51.4 Å². The van der Waals surface area contributed by atoms with E-state index in [1.54, 1.807) is 4.90 Å². The third-order valence-corrected chi connectivity index (χ3v) is 7.78. The van der Waals surface area contributed by atoms with Crippen molar-refractivity contribution < 1.29 is 22.7 Å². The molecule has 1 N–H and O–H groups in total. The number of carbonyl (C=O) groups excluding carboxylic acids is 1. The van der Waals surface area contributed by atoms with E-state index in [2.05, 4.69) is 10.3 Å². The second-order valence-corrected chi connectivity index (χ2v) is 9.63. The minimum Gasteiger partial charge on any atom is -0.448 e. The van der Waals surface area contributed by atoms with Crippen LogP contribution in [-0.2, 0) is 9.53 Å². The molecule has 8 heteroatoms. The lowest BCUT2D eigenvalue weighted by Crippen LogP contribution is -2.56. The largest absolute Gasteiger partial charge is 0.448 e. The molecule has 28 heavy (non-hydrogen) atoms. The Morgan fingerprint density at radius 3 is 2.25 bits per heavy atom. The summed E-state index contributed by atoms with van der Waals surface area (Å²) in [5, 5.41) is 3.46. The van der Waals surface area contributed by atoms with E-state index in [1.165, 1.54) is 32.1 Å². The number of alkyl halides is 3. The first kappa shape index (κ1) is 18.7. The molecule has 4 bridgehead atoms. The van der Waals surface area contributed by atoms with Gasteiger partial charge in [-0.05, 0) is 55.8 Å². The number of likely N-dealkylation sites (tertiary alicyclic amines) is 1. The molecule has 0 radical (unpaired) electrons. The molecule has 5 nitrogen and oxygen atoms in total. The van der Waals surface area contributed by atoms with E-state index < -0.39 is 18.2 Å². The van der Waals surface area contributed by atoms with Crippen LogP contribution >= 0.6 is 0 Å². The van der Waals surface area contributed by atoms with E-state index in [-0.39, 0.29) is 12.5 Å². The first-order chi connectivity index (χ1) is 13.3. The van der Waals surface area contributed by atoms with Gasteiger partial charge >= 0.3 is 6.18 Å². The quantitative estimate of drug-likeness (QED) is 0.793. The molecule has 1 saturated heterocycles. The highest BCUT2D eigenvalue weighted by Crippen LogP contribution is 2.53. The zero-order valence-electron chi connectivity index (χ0n) is 16.0. The number of halogens is 3. The molecule has 0 aromatic rings. The molecular weight excluding hydrogens is 371 g/mol. The molecule has 6 aliphatic rings. The van der Waals surface area contributed by atoms with Gasteiger partial charge in [0, 0.05) is 38.5 Å². The number of aliphatic imine (C=N–C) groups is 1. The van der Waals surface area contributed by atoms with Gasteiger partial charge in [-0.3, -0.25) is 4.79 Å². The third-order valence-electron chi connectivity index (χ3n) is 7.78. The molecule has 4 aliphatic carbocycles. The number of nitrogens with one attached hydrogen (secondary N) is 1. The summed E-state index contributed by atoms with van der Waals surface area (Å²) in [6.45, 7) is 0.846. The van der Waals surface area contributed by atoms with Crippen LogP contribution in [0, 0.1) is 23.7 Å². The molecule has 1 amide bonds. The van der Waals surface area contributed by atoms with Crippen LogP contribution in [0.4, 0.5) is 13.2 Å². The number of nitrogens with zero attached hydrogens (tertiary/aromatic N) is 2. The van der Waals surface area contributed by atoms with Gasteiger partial charge in [-0.15, -0.1) is 0 Å². The third kappa shape index (κ3) is 3.42. The average Bonchev–Trinajstić information content (AvgIpc) is 2.91. The Balaban J connectivity index is 1.17. The van der Waals surface area contributed by atoms with Crippen LogP contribution in [0.3, 0.4) is 0 Å². The zero-order chi connectivity index (χ0) is 19.5. The highest BCUT2D eigenvalue weighted by Gasteiger charge is 2.52. The van der Waals surface area contributed by atoms with Gasteiger partial charge in [-0.2, -0.15) is 18.2 Å². The molecule has 0 atom stereocenters. The van der Waals surface area contributed by atoms with Crippen molar-refractivity contribution in [2.45, 2.75) is 69.2 Å². The highest BCUT2D eigenvalue weighted by molar-refractivity contribution is 6.01. The number of piperidine rings is 1. The fourth-order valence-corrected chi connectivity index (χ4v) is 6.55. The van der Waals surface area contributed by atoms with Gasteiger partial charge in [-0.1, -0.05) is 0 Å². The number of ether oxygens (including phenoxy) is 1. The fourth-order valence-electron chi connectivity index (χ4n) is 6.55. The molecule has 156 valence electrons. The average molecular weight is 399 g/mol. The van der Waals surface area contributed by atoms with Crippen molar-refractivity contribution in [1.29, 1.82) is 0 Å². The van der Waals surface area contributed by atoms with Gasteiger partial charge in [0.1, 0.15) is 0 Å². The lowest BCUT2D eigenvalue weighted by molar-refractivity contribution is -0.143. The molecule has 2 aliphatic heterocycles. The predicted molar refractivity (Wildman–Crippen MR) is 96.6 cm³/mol. The lowest BCUT2D eigenvalue weighted by Gasteiger charge is -2.54. The Morgan fingerprint density at radius 1 is 1.07 bits per heavy atom. The molecule has 5 fully saturated rings. The number of amides is 1. The molecule has 0 unspecified atom stereocenters. The van der Waals surface area contributed by atoms with Gasteiger partial charge < -0.3 is 15.0 Å². The van der Waals surface area contributed by atoms with Gasteiger partial charge in [0.2, 0.25) is 0 Å². The van der Waals surface area contributed by atoms with E-state index in [9.17, 15) is 18.0 Å². The number of rotatable bonds is 3. The second kappa shape index (κ2) is 6.61. The summed E-state index contributed by atoms with van der Waals surface area (Å²) in [6.07, 6.45) is 2.31. The Kier molecular flexibility index (Phi) is 4.41. The molecule has 0 aromatic carbocycles. The van der Waals surface area contributed by atoms with Crippen molar-refractivity contribution in [2.75, 3.05) is 19.6 Å².